The molecule has 0 unspecified atom stereocenters. The Kier molecular flexibility index (Phi) is 15.8. The van der Waals surface area contributed by atoms with Crippen LogP contribution in [0.2, 0.25) is 0 Å². The molecule has 2 heterocycles. The molecule has 102 heavy (non-hydrogen) atoms. The highest BCUT2D eigenvalue weighted by Gasteiger charge is 2.28. The van der Waals surface area contributed by atoms with Gasteiger partial charge < -0.3 is 19.6 Å². The Morgan fingerprint density at radius 3 is 0.451 bits per heavy atom. The minimum Gasteiger partial charge on any atom is -0.310 e. The molecule has 16 aromatic carbocycles. The fourth-order valence-corrected chi connectivity index (χ4v) is 14.7. The monoisotopic (exact) mass is 1300 g/mol. The van der Waals surface area contributed by atoms with Gasteiger partial charge in [-0.05, 0) is 167 Å². The number of fused-ring (bicyclic) bond motifs is 5. The number of rotatable bonds is 16. The highest BCUT2D eigenvalue weighted by Crippen LogP contribution is 2.50. The lowest BCUT2D eigenvalue weighted by atomic mass is 9.93. The first-order chi connectivity index (χ1) is 50.7. The Bertz CT molecular complexity index is 5170. The van der Waals surface area contributed by atoms with Gasteiger partial charge in [-0.1, -0.05) is 243 Å². The molecular formula is C94H64N8. The molecule has 0 aliphatic carbocycles. The summed E-state index contributed by atoms with van der Waals surface area (Å²) in [6, 6.07) is 137. The van der Waals surface area contributed by atoms with Crippen LogP contribution in [0.4, 0.5) is 68.2 Å². The fraction of sp³-hybridized carbons (Fsp3) is 0. The number of para-hydroxylation sites is 8. The first kappa shape index (κ1) is 60.6. The molecule has 0 aliphatic rings. The Morgan fingerprint density at radius 2 is 0.284 bits per heavy atom. The van der Waals surface area contributed by atoms with E-state index in [0.29, 0.717) is 34.1 Å². The van der Waals surface area contributed by atoms with Crippen molar-refractivity contribution in [3.8, 4) is 45.0 Å². The van der Waals surface area contributed by atoms with E-state index in [0.717, 1.165) is 134 Å². The Morgan fingerprint density at radius 1 is 0.137 bits per heavy atom. The van der Waals surface area contributed by atoms with Crippen LogP contribution < -0.4 is 19.6 Å². The molecular weight excluding hydrogens is 1240 g/mol. The van der Waals surface area contributed by atoms with Crippen molar-refractivity contribution in [2.45, 2.75) is 0 Å². The Hall–Kier alpha value is -13.8. The maximum absolute atomic E-state index is 5.94. The summed E-state index contributed by atoms with van der Waals surface area (Å²) in [5.74, 6) is 0. The zero-order valence-corrected chi connectivity index (χ0v) is 55.5. The maximum Gasteiger partial charge on any atom is 0.199 e. The van der Waals surface area contributed by atoms with Crippen LogP contribution in [-0.2, 0) is 0 Å². The van der Waals surface area contributed by atoms with Crippen molar-refractivity contribution in [1.82, 2.24) is 19.9 Å². The van der Waals surface area contributed by atoms with Crippen molar-refractivity contribution in [1.29, 1.82) is 0 Å². The van der Waals surface area contributed by atoms with Crippen molar-refractivity contribution in [3.63, 3.8) is 0 Å². The van der Waals surface area contributed by atoms with Crippen LogP contribution in [0.15, 0.2) is 388 Å². The molecule has 8 heteroatoms. The molecule has 480 valence electrons. The molecule has 0 saturated heterocycles. The minimum atomic E-state index is 0.403. The van der Waals surface area contributed by atoms with Crippen LogP contribution in [0.25, 0.3) is 99.4 Å². The SMILES string of the molecule is c1ccc(N(c2ccccc2)c2ccc(-c3nc4nc(-c5ccc(N(c6ccccc6)c6ccccc6)c6ccccc56)c(-c5ccc(N(c6ccccc6)c6ccccc6)c6ccccc56)nc4nc3-c3ccc(N(c4ccccc4)c4ccccc4)c4ccccc34)c3ccccc23)cc1. The normalized spacial score (nSPS) is 11.3. The number of anilines is 12. The lowest BCUT2D eigenvalue weighted by molar-refractivity contribution is 1.17. The van der Waals surface area contributed by atoms with Gasteiger partial charge in [0, 0.05) is 89.3 Å². The summed E-state index contributed by atoms with van der Waals surface area (Å²) in [6.45, 7) is 0. The van der Waals surface area contributed by atoms with E-state index in [9.17, 15) is 0 Å². The third-order valence-electron chi connectivity index (χ3n) is 19.2. The largest absolute Gasteiger partial charge is 0.310 e. The summed E-state index contributed by atoms with van der Waals surface area (Å²) in [5, 5.41) is 8.17. The summed E-state index contributed by atoms with van der Waals surface area (Å²) in [6.07, 6.45) is 0. The molecule has 18 rings (SSSR count). The van der Waals surface area contributed by atoms with Crippen LogP contribution in [0, 0.1) is 0 Å². The molecule has 8 nitrogen and oxygen atoms in total. The predicted molar refractivity (Wildman–Crippen MR) is 426 cm³/mol. The lowest BCUT2D eigenvalue weighted by Gasteiger charge is -2.28. The van der Waals surface area contributed by atoms with Gasteiger partial charge in [-0.15, -0.1) is 0 Å². The third kappa shape index (κ3) is 11.0. The van der Waals surface area contributed by atoms with Gasteiger partial charge in [0.1, 0.15) is 0 Å². The first-order valence-corrected chi connectivity index (χ1v) is 34.5. The average Bonchev–Trinajstić information content (AvgIpc) is 0.731. The molecule has 0 bridgehead atoms. The first-order valence-electron chi connectivity index (χ1n) is 34.5. The van der Waals surface area contributed by atoms with E-state index in [1.807, 2.05) is 0 Å². The maximum atomic E-state index is 5.94. The van der Waals surface area contributed by atoms with Crippen LogP contribution in [-0.4, -0.2) is 19.9 Å². The van der Waals surface area contributed by atoms with Gasteiger partial charge in [-0.2, -0.15) is 0 Å². The summed E-state index contributed by atoms with van der Waals surface area (Å²) in [4.78, 5) is 33.1. The van der Waals surface area contributed by atoms with Crippen molar-refractivity contribution in [2.75, 3.05) is 19.6 Å². The molecule has 0 atom stereocenters. The zero-order chi connectivity index (χ0) is 67.7. The van der Waals surface area contributed by atoms with Gasteiger partial charge in [0.05, 0.1) is 45.5 Å². The second kappa shape index (κ2) is 26.5. The van der Waals surface area contributed by atoms with Crippen LogP contribution in [0.5, 0.6) is 0 Å². The van der Waals surface area contributed by atoms with Gasteiger partial charge in [-0.25, -0.2) is 19.9 Å². The average molecular weight is 1310 g/mol. The van der Waals surface area contributed by atoms with Crippen molar-refractivity contribution >= 4 is 123 Å². The van der Waals surface area contributed by atoms with E-state index in [2.05, 4.69) is 408 Å². The molecule has 0 saturated carbocycles. The summed E-state index contributed by atoms with van der Waals surface area (Å²) >= 11 is 0. The highest BCUT2D eigenvalue weighted by atomic mass is 15.2. The fourth-order valence-electron chi connectivity index (χ4n) is 14.7. The van der Waals surface area contributed by atoms with Gasteiger partial charge in [0.2, 0.25) is 0 Å². The zero-order valence-electron chi connectivity index (χ0n) is 55.5. The Balaban J connectivity index is 0.930. The van der Waals surface area contributed by atoms with Crippen LogP contribution >= 0.6 is 0 Å². The van der Waals surface area contributed by atoms with Crippen molar-refractivity contribution in [3.05, 3.63) is 388 Å². The smallest absolute Gasteiger partial charge is 0.199 e. The van der Waals surface area contributed by atoms with Crippen molar-refractivity contribution < 1.29 is 0 Å². The second-order valence-electron chi connectivity index (χ2n) is 25.2. The molecule has 18 aromatic rings. The van der Waals surface area contributed by atoms with E-state index >= 15 is 0 Å². The number of hydrogen-bond donors (Lipinski definition) is 0. The summed E-state index contributed by atoms with van der Waals surface area (Å²) in [7, 11) is 0. The van der Waals surface area contributed by atoms with Crippen molar-refractivity contribution in [2.24, 2.45) is 0 Å². The second-order valence-corrected chi connectivity index (χ2v) is 25.2. The number of benzene rings is 16. The highest BCUT2D eigenvalue weighted by molar-refractivity contribution is 6.14. The quantitative estimate of drug-likeness (QED) is 0.0948. The topological polar surface area (TPSA) is 64.5 Å². The van der Waals surface area contributed by atoms with Gasteiger partial charge >= 0.3 is 0 Å². The molecule has 0 N–H and O–H groups in total. The van der Waals surface area contributed by atoms with E-state index < -0.39 is 0 Å². The van der Waals surface area contributed by atoms with E-state index in [1.54, 1.807) is 0 Å². The van der Waals surface area contributed by atoms with Crippen LogP contribution in [0.3, 0.4) is 0 Å². The lowest BCUT2D eigenvalue weighted by Crippen LogP contribution is -2.11. The number of aromatic nitrogens is 4. The van der Waals surface area contributed by atoms with E-state index in [1.165, 1.54) is 0 Å². The molecule has 0 aliphatic heterocycles. The van der Waals surface area contributed by atoms with E-state index in [-0.39, 0.29) is 0 Å². The molecule has 2 aromatic heterocycles. The van der Waals surface area contributed by atoms with Gasteiger partial charge in [0.15, 0.2) is 11.3 Å². The third-order valence-corrected chi connectivity index (χ3v) is 19.2. The minimum absolute atomic E-state index is 0.403. The molecule has 0 radical (unpaired) electrons. The van der Waals surface area contributed by atoms with Crippen LogP contribution in [0.1, 0.15) is 0 Å². The number of nitrogens with zero attached hydrogens (tertiary/aromatic N) is 8. The molecule has 0 fully saturated rings. The van der Waals surface area contributed by atoms with E-state index in [4.69, 9.17) is 19.9 Å². The van der Waals surface area contributed by atoms with Gasteiger partial charge in [0.25, 0.3) is 0 Å². The Labute approximate surface area is 591 Å². The summed E-state index contributed by atoms with van der Waals surface area (Å²) in [5.41, 5.74) is 19.5. The standard InChI is InChI=1S/C94H64N8/c1-9-33-65(34-10-1)99(66-35-11-2-12-36-66)85-61-57-81(73-49-25-29-53-77(73)85)89-90(82-58-62-86(78-54-30-26-50-74(78)82)100(67-37-13-3-14-38-67)68-39-15-4-16-40-68)96-94-93(95-89)97-91(83-59-63-87(79-55-31-27-51-75(79)83)101(69-41-17-5-18-42-69)70-43-19-6-20-44-70)92(98-94)84-60-64-88(80-56-32-28-52-76(80)84)102(71-45-21-7-22-46-71)72-47-23-8-24-48-72/h1-64H. The predicted octanol–water partition coefficient (Wildman–Crippen LogP) is 25.6. The summed E-state index contributed by atoms with van der Waals surface area (Å²) < 4.78 is 0. The van der Waals surface area contributed by atoms with Gasteiger partial charge in [-0.3, -0.25) is 0 Å². The molecule has 0 spiro atoms. The number of hydrogen-bond acceptors (Lipinski definition) is 8. The molecule has 0 amide bonds.